The van der Waals surface area contributed by atoms with Crippen LogP contribution in [0.15, 0.2) is 30.6 Å². The molecule has 1 heterocycles. The summed E-state index contributed by atoms with van der Waals surface area (Å²) in [5.41, 5.74) is -0.0762. The molecule has 2 rings (SSSR count). The van der Waals surface area contributed by atoms with E-state index < -0.39 is 10.9 Å². The van der Waals surface area contributed by atoms with E-state index in [9.17, 15) is 14.9 Å². The van der Waals surface area contributed by atoms with E-state index in [1.54, 1.807) is 17.0 Å². The lowest BCUT2D eigenvalue weighted by atomic mass is 10.1. The van der Waals surface area contributed by atoms with Gasteiger partial charge in [0, 0.05) is 25.0 Å². The van der Waals surface area contributed by atoms with Crippen LogP contribution < -0.4 is 0 Å². The highest BCUT2D eigenvalue weighted by Crippen LogP contribution is 2.29. The quantitative estimate of drug-likeness (QED) is 0.671. The van der Waals surface area contributed by atoms with Crippen molar-refractivity contribution in [2.75, 3.05) is 0 Å². The maximum Gasteiger partial charge on any atom is 0.335 e. The molecule has 1 aromatic heterocycles. The van der Waals surface area contributed by atoms with Gasteiger partial charge in [0.05, 0.1) is 16.1 Å². The number of nitrogens with zero attached hydrogens (tertiary/aromatic N) is 3. The summed E-state index contributed by atoms with van der Waals surface area (Å²) >= 11 is 0. The molecule has 0 bridgehead atoms. The normalized spacial score (nSPS) is 10.4. The molecule has 98 valence electrons. The number of hydrogen-bond donors (Lipinski definition) is 1. The molecular weight excluding hydrogens is 250 g/mol. The lowest BCUT2D eigenvalue weighted by Crippen LogP contribution is -2.02. The summed E-state index contributed by atoms with van der Waals surface area (Å²) in [6.07, 6.45) is 3.26. The van der Waals surface area contributed by atoms with E-state index >= 15 is 0 Å². The van der Waals surface area contributed by atoms with Crippen LogP contribution in [0.25, 0.3) is 11.4 Å². The number of carboxylic acid groups (broad SMARTS) is 1. The molecule has 0 atom stereocenters. The van der Waals surface area contributed by atoms with Crippen LogP contribution in [-0.2, 0) is 6.54 Å². The van der Waals surface area contributed by atoms with E-state index in [4.69, 9.17) is 5.11 Å². The van der Waals surface area contributed by atoms with Gasteiger partial charge in [-0.2, -0.15) is 0 Å². The van der Waals surface area contributed by atoms with Crippen molar-refractivity contribution in [3.05, 3.63) is 46.3 Å². The highest BCUT2D eigenvalue weighted by Gasteiger charge is 2.21. The van der Waals surface area contributed by atoms with Crippen molar-refractivity contribution in [1.29, 1.82) is 0 Å². The van der Waals surface area contributed by atoms with Gasteiger partial charge < -0.3 is 9.67 Å². The second-order valence-electron chi connectivity index (χ2n) is 3.83. The van der Waals surface area contributed by atoms with E-state index in [1.807, 2.05) is 6.92 Å². The Kier molecular flexibility index (Phi) is 3.28. The summed E-state index contributed by atoms with van der Waals surface area (Å²) in [4.78, 5) is 25.4. The number of imidazole rings is 1. The first-order chi connectivity index (χ1) is 9.04. The van der Waals surface area contributed by atoms with Gasteiger partial charge in [0.25, 0.3) is 5.69 Å². The largest absolute Gasteiger partial charge is 0.478 e. The predicted molar refractivity (Wildman–Crippen MR) is 67.0 cm³/mol. The number of aromatic carboxylic acids is 1. The number of aromatic nitrogens is 2. The lowest BCUT2D eigenvalue weighted by molar-refractivity contribution is -0.384. The fourth-order valence-electron chi connectivity index (χ4n) is 1.81. The average Bonchev–Trinajstić information content (AvgIpc) is 2.85. The molecule has 0 aliphatic carbocycles. The van der Waals surface area contributed by atoms with Crippen molar-refractivity contribution >= 4 is 11.7 Å². The standard InChI is InChI=1S/C12H11N3O4/c1-2-14-6-5-13-11(14)9-4-3-8(12(16)17)7-10(9)15(18)19/h3-7H,2H2,1H3,(H,16,17). The molecule has 1 aromatic carbocycles. The molecule has 0 aliphatic rings. The Bertz CT molecular complexity index is 648. The van der Waals surface area contributed by atoms with Crippen molar-refractivity contribution in [2.24, 2.45) is 0 Å². The molecular formula is C12H11N3O4. The Morgan fingerprint density at radius 2 is 2.26 bits per heavy atom. The Balaban J connectivity index is 2.63. The number of carbonyl (C=O) groups is 1. The molecule has 1 N–H and O–H groups in total. The molecule has 7 nitrogen and oxygen atoms in total. The summed E-state index contributed by atoms with van der Waals surface area (Å²) < 4.78 is 1.75. The average molecular weight is 261 g/mol. The second kappa shape index (κ2) is 4.89. The summed E-state index contributed by atoms with van der Waals surface area (Å²) in [6.45, 7) is 2.51. The number of hydrogen-bond acceptors (Lipinski definition) is 4. The monoisotopic (exact) mass is 261 g/mol. The third kappa shape index (κ3) is 2.30. The molecule has 2 aromatic rings. The number of rotatable bonds is 4. The van der Waals surface area contributed by atoms with Crippen LogP contribution in [0.4, 0.5) is 5.69 Å². The Morgan fingerprint density at radius 3 is 2.84 bits per heavy atom. The van der Waals surface area contributed by atoms with Gasteiger partial charge in [-0.15, -0.1) is 0 Å². The van der Waals surface area contributed by atoms with Gasteiger partial charge in [0.1, 0.15) is 5.82 Å². The first-order valence-corrected chi connectivity index (χ1v) is 5.57. The summed E-state index contributed by atoms with van der Waals surface area (Å²) in [5, 5.41) is 19.9. The van der Waals surface area contributed by atoms with Crippen LogP contribution in [0.3, 0.4) is 0 Å². The van der Waals surface area contributed by atoms with Crippen LogP contribution in [0, 0.1) is 10.1 Å². The molecule has 19 heavy (non-hydrogen) atoms. The van der Waals surface area contributed by atoms with Gasteiger partial charge in [-0.1, -0.05) is 0 Å². The van der Waals surface area contributed by atoms with Crippen LogP contribution in [0.5, 0.6) is 0 Å². The number of aryl methyl sites for hydroxylation is 1. The highest BCUT2D eigenvalue weighted by atomic mass is 16.6. The van der Waals surface area contributed by atoms with Gasteiger partial charge in [0.15, 0.2) is 0 Å². The minimum absolute atomic E-state index is 0.120. The van der Waals surface area contributed by atoms with Crippen molar-refractivity contribution < 1.29 is 14.8 Å². The van der Waals surface area contributed by atoms with Crippen molar-refractivity contribution in [1.82, 2.24) is 9.55 Å². The first-order valence-electron chi connectivity index (χ1n) is 5.57. The Hall–Kier alpha value is -2.70. The van der Waals surface area contributed by atoms with Crippen molar-refractivity contribution in [3.63, 3.8) is 0 Å². The van der Waals surface area contributed by atoms with Crippen molar-refractivity contribution in [2.45, 2.75) is 13.5 Å². The third-order valence-electron chi connectivity index (χ3n) is 2.74. The van der Waals surface area contributed by atoms with Crippen LogP contribution >= 0.6 is 0 Å². The lowest BCUT2D eigenvalue weighted by Gasteiger charge is -2.06. The van der Waals surface area contributed by atoms with E-state index in [1.165, 1.54) is 12.1 Å². The van der Waals surface area contributed by atoms with Gasteiger partial charge >= 0.3 is 5.97 Å². The van der Waals surface area contributed by atoms with Gasteiger partial charge in [-0.05, 0) is 19.1 Å². The molecule has 0 saturated heterocycles. The summed E-state index contributed by atoms with van der Waals surface area (Å²) in [5.74, 6) is -0.750. The van der Waals surface area contributed by atoms with Gasteiger partial charge in [0.2, 0.25) is 0 Å². The number of benzene rings is 1. The fourth-order valence-corrected chi connectivity index (χ4v) is 1.81. The molecule has 0 spiro atoms. The van der Waals surface area contributed by atoms with E-state index in [0.29, 0.717) is 17.9 Å². The number of carboxylic acids is 1. The second-order valence-corrected chi connectivity index (χ2v) is 3.83. The smallest absolute Gasteiger partial charge is 0.335 e. The maximum absolute atomic E-state index is 11.1. The molecule has 0 fully saturated rings. The molecule has 0 amide bonds. The number of nitro benzene ring substituents is 1. The summed E-state index contributed by atoms with van der Waals surface area (Å²) in [7, 11) is 0. The van der Waals surface area contributed by atoms with Crippen LogP contribution in [-0.4, -0.2) is 25.6 Å². The SMILES string of the molecule is CCn1ccnc1-c1ccc(C(=O)O)cc1[N+](=O)[O-]. The molecule has 0 radical (unpaired) electrons. The first kappa shape index (κ1) is 12.7. The fraction of sp³-hybridized carbons (Fsp3) is 0.167. The van der Waals surface area contributed by atoms with Gasteiger partial charge in [-0.25, -0.2) is 9.78 Å². The van der Waals surface area contributed by atoms with Crippen molar-refractivity contribution in [3.8, 4) is 11.4 Å². The zero-order chi connectivity index (χ0) is 14.0. The minimum atomic E-state index is -1.20. The number of nitro groups is 1. The van der Waals surface area contributed by atoms with Gasteiger partial charge in [-0.3, -0.25) is 10.1 Å². The molecule has 0 saturated carbocycles. The zero-order valence-electron chi connectivity index (χ0n) is 10.1. The Morgan fingerprint density at radius 1 is 1.53 bits per heavy atom. The maximum atomic E-state index is 11.1. The van der Waals surface area contributed by atoms with Crippen LogP contribution in [0.1, 0.15) is 17.3 Å². The van der Waals surface area contributed by atoms with E-state index in [0.717, 1.165) is 6.07 Å². The minimum Gasteiger partial charge on any atom is -0.478 e. The predicted octanol–water partition coefficient (Wildman–Crippen LogP) is 2.18. The van der Waals surface area contributed by atoms with E-state index in [2.05, 4.69) is 4.98 Å². The molecule has 7 heteroatoms. The third-order valence-corrected chi connectivity index (χ3v) is 2.74. The highest BCUT2D eigenvalue weighted by molar-refractivity contribution is 5.90. The van der Waals surface area contributed by atoms with E-state index in [-0.39, 0.29) is 11.3 Å². The Labute approximate surface area is 108 Å². The topological polar surface area (TPSA) is 98.3 Å². The van der Waals surface area contributed by atoms with Crippen LogP contribution in [0.2, 0.25) is 0 Å². The molecule has 0 unspecified atom stereocenters. The molecule has 0 aliphatic heterocycles. The summed E-state index contributed by atoms with van der Waals surface area (Å²) in [6, 6.07) is 3.79. The zero-order valence-corrected chi connectivity index (χ0v) is 10.1.